The van der Waals surface area contributed by atoms with Gasteiger partial charge in [-0.25, -0.2) is 4.39 Å². The minimum atomic E-state index is -0.390. The Bertz CT molecular complexity index is 763. The summed E-state index contributed by atoms with van der Waals surface area (Å²) in [5, 5.41) is 0. The average molecular weight is 357 g/mol. The molecule has 4 nitrogen and oxygen atoms in total. The largest absolute Gasteiger partial charge is 0.493 e. The van der Waals surface area contributed by atoms with Crippen LogP contribution in [0.25, 0.3) is 0 Å². The molecule has 0 aromatic heterocycles. The summed E-state index contributed by atoms with van der Waals surface area (Å²) in [6.45, 7) is 0.860. The van der Waals surface area contributed by atoms with Gasteiger partial charge in [-0.05, 0) is 30.4 Å². The maximum absolute atomic E-state index is 14.4. The summed E-state index contributed by atoms with van der Waals surface area (Å²) in [4.78, 5) is 14.3. The molecule has 0 spiro atoms. The van der Waals surface area contributed by atoms with Gasteiger partial charge >= 0.3 is 0 Å². The number of likely N-dealkylation sites (tertiary alicyclic amines) is 1. The molecule has 3 rings (SSSR count). The van der Waals surface area contributed by atoms with Crippen LogP contribution >= 0.6 is 0 Å². The van der Waals surface area contributed by atoms with Gasteiger partial charge in [-0.15, -0.1) is 0 Å². The summed E-state index contributed by atoms with van der Waals surface area (Å²) in [6.07, 6.45) is 2.19. The van der Waals surface area contributed by atoms with Crippen LogP contribution in [0.1, 0.15) is 36.3 Å². The van der Waals surface area contributed by atoms with Crippen LogP contribution in [0, 0.1) is 5.82 Å². The van der Waals surface area contributed by atoms with E-state index in [-0.39, 0.29) is 18.3 Å². The van der Waals surface area contributed by atoms with Crippen LogP contribution in [0.15, 0.2) is 42.5 Å². The summed E-state index contributed by atoms with van der Waals surface area (Å²) in [6, 6.07) is 13.2. The van der Waals surface area contributed by atoms with E-state index < -0.39 is 0 Å². The molecule has 1 aliphatic rings. The highest BCUT2D eigenvalue weighted by atomic mass is 19.1. The molecule has 1 aliphatic heterocycles. The second-order valence-corrected chi connectivity index (χ2v) is 6.55. The third-order valence-corrected chi connectivity index (χ3v) is 4.99. The molecule has 1 heterocycles. The van der Waals surface area contributed by atoms with E-state index in [0.29, 0.717) is 35.9 Å². The molecule has 0 radical (unpaired) electrons. The first-order valence-corrected chi connectivity index (χ1v) is 8.85. The maximum atomic E-state index is 14.4. The second kappa shape index (κ2) is 8.21. The monoisotopic (exact) mass is 357 g/mol. The van der Waals surface area contributed by atoms with E-state index in [9.17, 15) is 9.18 Å². The third-order valence-electron chi connectivity index (χ3n) is 4.99. The second-order valence-electron chi connectivity index (χ2n) is 6.55. The van der Waals surface area contributed by atoms with Crippen molar-refractivity contribution in [2.75, 3.05) is 20.8 Å². The van der Waals surface area contributed by atoms with E-state index >= 15 is 0 Å². The molecule has 2 aromatic carbocycles. The van der Waals surface area contributed by atoms with Crippen LogP contribution in [-0.4, -0.2) is 31.6 Å². The van der Waals surface area contributed by atoms with Crippen molar-refractivity contribution in [2.24, 2.45) is 0 Å². The SMILES string of the molecule is COc1cc(F)c(CN2CCC(c3ccccc3)CCC2=O)cc1OC. The van der Waals surface area contributed by atoms with Crippen molar-refractivity contribution < 1.29 is 18.7 Å². The van der Waals surface area contributed by atoms with Crippen molar-refractivity contribution in [3.8, 4) is 11.5 Å². The fraction of sp³-hybridized carbons (Fsp3) is 0.381. The van der Waals surface area contributed by atoms with E-state index in [4.69, 9.17) is 9.47 Å². The minimum absolute atomic E-state index is 0.0672. The molecular weight excluding hydrogens is 333 g/mol. The van der Waals surface area contributed by atoms with Gasteiger partial charge in [0.15, 0.2) is 11.5 Å². The first kappa shape index (κ1) is 18.2. The van der Waals surface area contributed by atoms with Crippen molar-refractivity contribution in [2.45, 2.75) is 31.7 Å². The predicted molar refractivity (Wildman–Crippen MR) is 98.0 cm³/mol. The Morgan fingerprint density at radius 1 is 1.08 bits per heavy atom. The Hall–Kier alpha value is -2.56. The lowest BCUT2D eigenvalue weighted by Gasteiger charge is -2.22. The average Bonchev–Trinajstić information content (AvgIpc) is 2.85. The molecule has 5 heteroatoms. The van der Waals surface area contributed by atoms with Crippen molar-refractivity contribution >= 4 is 5.91 Å². The van der Waals surface area contributed by atoms with Gasteiger partial charge in [0.05, 0.1) is 14.2 Å². The summed E-state index contributed by atoms with van der Waals surface area (Å²) >= 11 is 0. The third kappa shape index (κ3) is 3.98. The number of carbonyl (C=O) groups excluding carboxylic acids is 1. The van der Waals surface area contributed by atoms with Crippen LogP contribution in [0.3, 0.4) is 0 Å². The molecular formula is C21H24FNO3. The van der Waals surface area contributed by atoms with Gasteiger partial charge in [0.2, 0.25) is 5.91 Å². The number of carbonyl (C=O) groups is 1. The van der Waals surface area contributed by atoms with Gasteiger partial charge in [0.1, 0.15) is 5.82 Å². The van der Waals surface area contributed by atoms with Crippen molar-refractivity contribution in [1.29, 1.82) is 0 Å². The number of hydrogen-bond donors (Lipinski definition) is 0. The Labute approximate surface area is 153 Å². The standard InChI is InChI=1S/C21H24FNO3/c1-25-19-12-17(18(22)13-20(19)26-2)14-23-11-10-16(8-9-21(23)24)15-6-4-3-5-7-15/h3-7,12-13,16H,8-11,14H2,1-2H3. The lowest BCUT2D eigenvalue weighted by Crippen LogP contribution is -2.30. The van der Waals surface area contributed by atoms with E-state index in [1.165, 1.54) is 25.8 Å². The van der Waals surface area contributed by atoms with Gasteiger partial charge in [0, 0.05) is 31.1 Å². The Balaban J connectivity index is 1.75. The maximum Gasteiger partial charge on any atom is 0.222 e. The lowest BCUT2D eigenvalue weighted by atomic mass is 9.92. The van der Waals surface area contributed by atoms with E-state index in [2.05, 4.69) is 12.1 Å². The highest BCUT2D eigenvalue weighted by molar-refractivity contribution is 5.76. The van der Waals surface area contributed by atoms with Gasteiger partial charge in [-0.1, -0.05) is 30.3 Å². The topological polar surface area (TPSA) is 38.8 Å². The highest BCUT2D eigenvalue weighted by Crippen LogP contribution is 2.32. The first-order valence-electron chi connectivity index (χ1n) is 8.85. The Kier molecular flexibility index (Phi) is 5.76. The van der Waals surface area contributed by atoms with E-state index in [1.54, 1.807) is 11.0 Å². The number of amides is 1. The zero-order chi connectivity index (χ0) is 18.5. The zero-order valence-corrected chi connectivity index (χ0v) is 15.2. The van der Waals surface area contributed by atoms with Crippen molar-refractivity contribution in [3.63, 3.8) is 0 Å². The Morgan fingerprint density at radius 2 is 1.77 bits per heavy atom. The molecule has 138 valence electrons. The van der Waals surface area contributed by atoms with Gasteiger partial charge in [-0.2, -0.15) is 0 Å². The molecule has 1 unspecified atom stereocenters. The highest BCUT2D eigenvalue weighted by Gasteiger charge is 2.24. The predicted octanol–water partition coefficient (Wildman–Crippen LogP) is 4.14. The van der Waals surface area contributed by atoms with Crippen molar-refractivity contribution in [3.05, 3.63) is 59.4 Å². The normalized spacial score (nSPS) is 17.7. The van der Waals surface area contributed by atoms with Gasteiger partial charge in [-0.3, -0.25) is 4.79 Å². The molecule has 1 amide bonds. The number of benzene rings is 2. The van der Waals surface area contributed by atoms with Crippen LogP contribution in [-0.2, 0) is 11.3 Å². The molecule has 0 saturated carbocycles. The van der Waals surface area contributed by atoms with Crippen LogP contribution in [0.2, 0.25) is 0 Å². The molecule has 0 aliphatic carbocycles. The number of ether oxygens (including phenoxy) is 2. The fourth-order valence-electron chi connectivity index (χ4n) is 3.49. The number of methoxy groups -OCH3 is 2. The number of rotatable bonds is 5. The molecule has 1 fully saturated rings. The van der Waals surface area contributed by atoms with Gasteiger partial charge in [0.25, 0.3) is 0 Å². The van der Waals surface area contributed by atoms with Gasteiger partial charge < -0.3 is 14.4 Å². The summed E-state index contributed by atoms with van der Waals surface area (Å²) in [5.74, 6) is 0.853. The molecule has 26 heavy (non-hydrogen) atoms. The summed E-state index contributed by atoms with van der Waals surface area (Å²) < 4.78 is 24.8. The summed E-state index contributed by atoms with van der Waals surface area (Å²) in [5.41, 5.74) is 1.70. The first-order chi connectivity index (χ1) is 12.6. The smallest absolute Gasteiger partial charge is 0.222 e. The molecule has 1 atom stereocenters. The number of halogens is 1. The lowest BCUT2D eigenvalue weighted by molar-refractivity contribution is -0.131. The van der Waals surface area contributed by atoms with Crippen LogP contribution < -0.4 is 9.47 Å². The quantitative estimate of drug-likeness (QED) is 0.807. The molecule has 1 saturated heterocycles. The van der Waals surface area contributed by atoms with E-state index in [1.807, 2.05) is 18.2 Å². The minimum Gasteiger partial charge on any atom is -0.493 e. The Morgan fingerprint density at radius 3 is 2.46 bits per heavy atom. The number of hydrogen-bond acceptors (Lipinski definition) is 3. The number of nitrogens with zero attached hydrogens (tertiary/aromatic N) is 1. The zero-order valence-electron chi connectivity index (χ0n) is 15.2. The van der Waals surface area contributed by atoms with E-state index in [0.717, 1.165) is 12.8 Å². The fourth-order valence-corrected chi connectivity index (χ4v) is 3.49. The van der Waals surface area contributed by atoms with Crippen LogP contribution in [0.5, 0.6) is 11.5 Å². The van der Waals surface area contributed by atoms with Crippen molar-refractivity contribution in [1.82, 2.24) is 4.90 Å². The molecule has 0 N–H and O–H groups in total. The molecule has 0 bridgehead atoms. The summed E-state index contributed by atoms with van der Waals surface area (Å²) in [7, 11) is 2.99. The van der Waals surface area contributed by atoms with Crippen LogP contribution in [0.4, 0.5) is 4.39 Å². The molecule has 2 aromatic rings.